The molecule has 2 atom stereocenters. The van der Waals surface area contributed by atoms with Crippen LogP contribution in [-0.2, 0) is 10.2 Å². The lowest BCUT2D eigenvalue weighted by molar-refractivity contribution is -0.127. The summed E-state index contributed by atoms with van der Waals surface area (Å²) in [7, 11) is 0. The highest BCUT2D eigenvalue weighted by molar-refractivity contribution is 6.32. The van der Waals surface area contributed by atoms with Crippen LogP contribution in [0.5, 0.6) is 0 Å². The number of aromatic nitrogens is 3. The molecule has 2 saturated heterocycles. The summed E-state index contributed by atoms with van der Waals surface area (Å²) in [5.74, 6) is 0.441. The molecule has 1 N–H and O–H groups in total. The van der Waals surface area contributed by atoms with E-state index < -0.39 is 11.2 Å². The van der Waals surface area contributed by atoms with Gasteiger partial charge in [0.2, 0.25) is 5.91 Å². The van der Waals surface area contributed by atoms with E-state index >= 15 is 4.39 Å². The number of halogens is 2. The number of anilines is 3. The number of amides is 1. The Kier molecular flexibility index (Phi) is 4.90. The van der Waals surface area contributed by atoms with Gasteiger partial charge in [0.15, 0.2) is 11.6 Å². The molecule has 4 heterocycles. The number of fused-ring (bicyclic) bond motifs is 3. The Bertz CT molecular complexity index is 1430. The Morgan fingerprint density at radius 2 is 2.09 bits per heavy atom. The second-order valence-corrected chi connectivity index (χ2v) is 9.64. The number of nitriles is 1. The molecule has 3 aromatic rings. The van der Waals surface area contributed by atoms with Gasteiger partial charge in [-0.25, -0.2) is 19.3 Å². The third-order valence-corrected chi connectivity index (χ3v) is 7.64. The van der Waals surface area contributed by atoms with Crippen LogP contribution in [0.1, 0.15) is 24.8 Å². The molecule has 1 aliphatic carbocycles. The highest BCUT2D eigenvalue weighted by atomic mass is 35.5. The molecule has 0 spiro atoms. The summed E-state index contributed by atoms with van der Waals surface area (Å²) < 4.78 is 15.2. The van der Waals surface area contributed by atoms with E-state index in [0.29, 0.717) is 48.3 Å². The number of rotatable bonds is 5. The number of carbonyl (C=O) groups is 1. The van der Waals surface area contributed by atoms with E-state index in [9.17, 15) is 10.1 Å². The molecule has 0 radical (unpaired) electrons. The van der Waals surface area contributed by atoms with Crippen LogP contribution >= 0.6 is 11.6 Å². The molecule has 176 valence electrons. The average molecular weight is 490 g/mol. The van der Waals surface area contributed by atoms with Crippen LogP contribution in [0.3, 0.4) is 0 Å². The molecule has 35 heavy (non-hydrogen) atoms. The molecular formula is C25H21ClFN7O. The minimum Gasteiger partial charge on any atom is -0.350 e. The largest absolute Gasteiger partial charge is 0.350 e. The number of likely N-dealkylation sites (tertiary alicyclic amines) is 1. The molecule has 2 bridgehead atoms. The van der Waals surface area contributed by atoms with Crippen molar-refractivity contribution in [3.05, 3.63) is 59.7 Å². The molecule has 0 unspecified atom stereocenters. The van der Waals surface area contributed by atoms with Crippen molar-refractivity contribution in [3.63, 3.8) is 0 Å². The van der Waals surface area contributed by atoms with Crippen molar-refractivity contribution in [3.8, 4) is 6.07 Å². The van der Waals surface area contributed by atoms with Crippen LogP contribution in [0.15, 0.2) is 43.2 Å². The van der Waals surface area contributed by atoms with Gasteiger partial charge in [-0.05, 0) is 49.1 Å². The van der Waals surface area contributed by atoms with Crippen LogP contribution in [0.25, 0.3) is 11.0 Å². The number of carbonyl (C=O) groups excluding carboxylic acids is 1. The molecule has 3 aliphatic rings. The first kappa shape index (κ1) is 21.7. The summed E-state index contributed by atoms with van der Waals surface area (Å²) in [5.41, 5.74) is 1.10. The maximum Gasteiger partial charge on any atom is 0.246 e. The van der Waals surface area contributed by atoms with Gasteiger partial charge in [0.05, 0.1) is 39.8 Å². The van der Waals surface area contributed by atoms with Crippen LogP contribution < -0.4 is 10.2 Å². The van der Waals surface area contributed by atoms with Gasteiger partial charge in [0, 0.05) is 13.1 Å². The van der Waals surface area contributed by atoms with Crippen molar-refractivity contribution >= 4 is 45.9 Å². The van der Waals surface area contributed by atoms with Crippen LogP contribution in [0, 0.1) is 17.1 Å². The van der Waals surface area contributed by atoms with Gasteiger partial charge in [-0.2, -0.15) is 5.26 Å². The minimum absolute atomic E-state index is 0.0439. The Morgan fingerprint density at radius 1 is 1.26 bits per heavy atom. The Morgan fingerprint density at radius 3 is 2.77 bits per heavy atom. The van der Waals surface area contributed by atoms with Gasteiger partial charge in [-0.3, -0.25) is 4.79 Å². The molecule has 1 saturated carbocycles. The summed E-state index contributed by atoms with van der Waals surface area (Å²) in [4.78, 5) is 29.5. The van der Waals surface area contributed by atoms with Crippen molar-refractivity contribution in [2.75, 3.05) is 23.3 Å². The number of nitrogens with zero attached hydrogens (tertiary/aromatic N) is 6. The monoisotopic (exact) mass is 489 g/mol. The predicted molar refractivity (Wildman–Crippen MR) is 130 cm³/mol. The summed E-state index contributed by atoms with van der Waals surface area (Å²) in [6.07, 6.45) is 4.99. The smallest absolute Gasteiger partial charge is 0.246 e. The lowest BCUT2D eigenvalue weighted by Crippen LogP contribution is -2.48. The molecular weight excluding hydrogens is 469 g/mol. The predicted octanol–water partition coefficient (Wildman–Crippen LogP) is 4.09. The van der Waals surface area contributed by atoms with E-state index in [4.69, 9.17) is 16.6 Å². The van der Waals surface area contributed by atoms with Crippen molar-refractivity contribution in [2.45, 2.75) is 36.8 Å². The summed E-state index contributed by atoms with van der Waals surface area (Å²) >= 11 is 6.32. The normalized spacial score (nSPS) is 21.7. The third-order valence-electron chi connectivity index (χ3n) is 7.27. The van der Waals surface area contributed by atoms with E-state index in [1.54, 1.807) is 12.1 Å². The highest BCUT2D eigenvalue weighted by Gasteiger charge is 2.47. The van der Waals surface area contributed by atoms with Gasteiger partial charge < -0.3 is 15.1 Å². The number of benzene rings is 1. The molecule has 3 fully saturated rings. The maximum atomic E-state index is 15.2. The van der Waals surface area contributed by atoms with Crippen molar-refractivity contribution in [2.24, 2.45) is 0 Å². The number of piperazine rings is 1. The first-order valence-electron chi connectivity index (χ1n) is 11.4. The van der Waals surface area contributed by atoms with Crippen LogP contribution in [0.4, 0.5) is 21.7 Å². The van der Waals surface area contributed by atoms with Crippen molar-refractivity contribution in [1.29, 1.82) is 5.26 Å². The lowest BCUT2D eigenvalue weighted by Gasteiger charge is -2.34. The zero-order valence-corrected chi connectivity index (χ0v) is 19.5. The van der Waals surface area contributed by atoms with E-state index in [0.717, 1.165) is 12.2 Å². The lowest BCUT2D eigenvalue weighted by atomic mass is 9.97. The van der Waals surface area contributed by atoms with E-state index in [2.05, 4.69) is 32.8 Å². The highest BCUT2D eigenvalue weighted by Crippen LogP contribution is 2.51. The number of pyridine rings is 1. The van der Waals surface area contributed by atoms with Crippen molar-refractivity contribution < 1.29 is 9.18 Å². The van der Waals surface area contributed by atoms with Crippen LogP contribution in [-0.4, -0.2) is 50.9 Å². The number of hydrogen-bond acceptors (Lipinski definition) is 7. The topological polar surface area (TPSA) is 98.0 Å². The molecule has 10 heteroatoms. The molecule has 2 aromatic heterocycles. The Balaban J connectivity index is 1.31. The second-order valence-electron chi connectivity index (χ2n) is 9.26. The van der Waals surface area contributed by atoms with Gasteiger partial charge in [-0.15, -0.1) is 0 Å². The molecule has 2 aliphatic heterocycles. The van der Waals surface area contributed by atoms with Gasteiger partial charge in [0.1, 0.15) is 17.7 Å². The fourth-order valence-electron chi connectivity index (χ4n) is 5.23. The van der Waals surface area contributed by atoms with Crippen molar-refractivity contribution in [1.82, 2.24) is 19.9 Å². The van der Waals surface area contributed by atoms with E-state index in [-0.39, 0.29) is 28.7 Å². The zero-order chi connectivity index (χ0) is 24.3. The molecule has 8 nitrogen and oxygen atoms in total. The number of hydrogen-bond donors (Lipinski definition) is 1. The second kappa shape index (κ2) is 7.89. The van der Waals surface area contributed by atoms with Gasteiger partial charge in [-0.1, -0.05) is 24.2 Å². The summed E-state index contributed by atoms with van der Waals surface area (Å²) in [6, 6.07) is 9.60. The SMILES string of the molecule is C=CC(=O)N1C[C@@H]2C[C@H]1CN2c1ccc2ncnc(Nc3ccc(C4(C#N)CC4)c(Cl)c3F)c2n1. The maximum absolute atomic E-state index is 15.2. The van der Waals surface area contributed by atoms with E-state index in [1.807, 2.05) is 17.0 Å². The molecule has 1 aromatic carbocycles. The standard InChI is InChI=1S/C25H21ClFN7O/c1-2-20(35)34-11-14-9-15(34)10-33(14)19-6-5-18-23(32-19)24(30-13-29-18)31-17-4-3-16(21(26)22(17)27)25(12-28)7-8-25/h2-6,13-15H,1,7-11H2,(H,29,30,31)/t14-,15-/m0/s1. The Labute approximate surface area is 206 Å². The molecule has 6 rings (SSSR count). The molecule has 1 amide bonds. The fraction of sp³-hybridized carbons (Fsp3) is 0.320. The quantitative estimate of drug-likeness (QED) is 0.539. The first-order chi connectivity index (χ1) is 16.9. The first-order valence-corrected chi connectivity index (χ1v) is 11.8. The minimum atomic E-state index is -0.685. The fourth-order valence-corrected chi connectivity index (χ4v) is 5.57. The van der Waals surface area contributed by atoms with Gasteiger partial charge in [0.25, 0.3) is 0 Å². The van der Waals surface area contributed by atoms with Crippen LogP contribution in [0.2, 0.25) is 5.02 Å². The summed E-state index contributed by atoms with van der Waals surface area (Å²) in [5, 5.41) is 12.4. The zero-order valence-electron chi connectivity index (χ0n) is 18.7. The van der Waals surface area contributed by atoms with Gasteiger partial charge >= 0.3 is 0 Å². The third kappa shape index (κ3) is 3.40. The summed E-state index contributed by atoms with van der Waals surface area (Å²) in [6.45, 7) is 4.91. The Hall–Kier alpha value is -3.77. The number of nitrogens with one attached hydrogen (secondary N) is 1. The van der Waals surface area contributed by atoms with E-state index in [1.165, 1.54) is 12.4 Å². The average Bonchev–Trinajstić information content (AvgIpc) is 3.41.